The summed E-state index contributed by atoms with van der Waals surface area (Å²) in [5, 5.41) is 18.4. The summed E-state index contributed by atoms with van der Waals surface area (Å²) in [5.41, 5.74) is 2.05. The lowest BCUT2D eigenvalue weighted by atomic mass is 9.94. The first-order chi connectivity index (χ1) is 13.4. The molecule has 1 aliphatic heterocycles. The van der Waals surface area contributed by atoms with Crippen molar-refractivity contribution in [3.63, 3.8) is 0 Å². The zero-order valence-electron chi connectivity index (χ0n) is 15.4. The van der Waals surface area contributed by atoms with Gasteiger partial charge in [0.25, 0.3) is 5.91 Å². The van der Waals surface area contributed by atoms with Crippen molar-refractivity contribution in [1.82, 2.24) is 10.6 Å². The molecule has 28 heavy (non-hydrogen) atoms. The number of urea groups is 1. The molecule has 0 bridgehead atoms. The predicted molar refractivity (Wildman–Crippen MR) is 109 cm³/mol. The maximum absolute atomic E-state index is 13.0. The predicted octanol–water partition coefficient (Wildman–Crippen LogP) is 3.82. The van der Waals surface area contributed by atoms with Gasteiger partial charge in [-0.05, 0) is 59.6 Å². The fraction of sp³-hybridized carbons (Fsp3) is 0.200. The Labute approximate surface area is 170 Å². The van der Waals surface area contributed by atoms with Crippen LogP contribution in [0.2, 0.25) is 0 Å². The van der Waals surface area contributed by atoms with E-state index in [1.54, 1.807) is 38.1 Å². The number of aromatic hydroxyl groups is 1. The summed E-state index contributed by atoms with van der Waals surface area (Å²) in [7, 11) is 0. The van der Waals surface area contributed by atoms with Gasteiger partial charge in [0, 0.05) is 11.4 Å². The summed E-state index contributed by atoms with van der Waals surface area (Å²) in [6.07, 6.45) is 0. The smallest absolute Gasteiger partial charge is 0.319 e. The molecule has 7 nitrogen and oxygen atoms in total. The number of amides is 3. The van der Waals surface area contributed by atoms with Gasteiger partial charge in [-0.25, -0.2) is 4.79 Å². The van der Waals surface area contributed by atoms with Gasteiger partial charge in [-0.15, -0.1) is 0 Å². The molecule has 4 N–H and O–H groups in total. The van der Waals surface area contributed by atoms with E-state index in [1.807, 2.05) is 18.2 Å². The van der Waals surface area contributed by atoms with Crippen molar-refractivity contribution in [2.24, 2.45) is 0 Å². The minimum absolute atomic E-state index is 0.0400. The second-order valence-corrected chi connectivity index (χ2v) is 7.03. The number of benzene rings is 2. The number of rotatable bonds is 5. The summed E-state index contributed by atoms with van der Waals surface area (Å²) in [6.45, 7) is 3.83. The van der Waals surface area contributed by atoms with Crippen LogP contribution in [-0.4, -0.2) is 23.7 Å². The van der Waals surface area contributed by atoms with E-state index in [0.717, 1.165) is 0 Å². The molecule has 0 unspecified atom stereocenters. The molecule has 1 aliphatic rings. The lowest BCUT2D eigenvalue weighted by Crippen LogP contribution is -2.46. The summed E-state index contributed by atoms with van der Waals surface area (Å²) < 4.78 is 5.87. The fourth-order valence-electron chi connectivity index (χ4n) is 2.99. The number of ether oxygens (including phenoxy) is 1. The van der Waals surface area contributed by atoms with Crippen molar-refractivity contribution in [3.05, 3.63) is 63.8 Å². The third kappa shape index (κ3) is 4.12. The molecule has 8 heteroatoms. The highest BCUT2D eigenvalue weighted by Gasteiger charge is 2.32. The Kier molecular flexibility index (Phi) is 5.89. The van der Waals surface area contributed by atoms with Crippen molar-refractivity contribution >= 4 is 33.6 Å². The van der Waals surface area contributed by atoms with Gasteiger partial charge in [-0.1, -0.05) is 18.2 Å². The van der Waals surface area contributed by atoms with Crippen LogP contribution in [-0.2, 0) is 4.79 Å². The Morgan fingerprint density at radius 3 is 2.68 bits per heavy atom. The standard InChI is InChI=1S/C20H20BrN3O4/c1-3-28-15-10-12(9-14(21)18(15)25)17-16(11(2)22-20(27)24-17)19(26)23-13-7-5-4-6-8-13/h4-10,17,25H,3H2,1-2H3,(H,23,26)(H2,22,24,27)/t17-/m1/s1. The molecule has 0 aromatic heterocycles. The van der Waals surface area contributed by atoms with Gasteiger partial charge in [-0.2, -0.15) is 0 Å². The monoisotopic (exact) mass is 445 g/mol. The van der Waals surface area contributed by atoms with E-state index in [9.17, 15) is 14.7 Å². The molecule has 0 radical (unpaired) electrons. The topological polar surface area (TPSA) is 99.7 Å². The minimum Gasteiger partial charge on any atom is -0.503 e. The number of hydrogen-bond donors (Lipinski definition) is 4. The average molecular weight is 446 g/mol. The number of halogens is 1. The second kappa shape index (κ2) is 8.35. The molecule has 2 aromatic carbocycles. The maximum Gasteiger partial charge on any atom is 0.319 e. The van der Waals surface area contributed by atoms with Crippen LogP contribution >= 0.6 is 15.9 Å². The quantitative estimate of drug-likeness (QED) is 0.561. The molecular weight excluding hydrogens is 426 g/mol. The summed E-state index contributed by atoms with van der Waals surface area (Å²) >= 11 is 3.30. The van der Waals surface area contributed by atoms with Crippen LogP contribution in [0, 0.1) is 0 Å². The van der Waals surface area contributed by atoms with Crippen LogP contribution < -0.4 is 20.7 Å². The van der Waals surface area contributed by atoms with Crippen molar-refractivity contribution in [2.45, 2.75) is 19.9 Å². The maximum atomic E-state index is 13.0. The van der Waals surface area contributed by atoms with E-state index in [-0.39, 0.29) is 17.4 Å². The first kappa shape index (κ1) is 19.8. The van der Waals surface area contributed by atoms with E-state index < -0.39 is 12.1 Å². The normalized spacial score (nSPS) is 16.2. The van der Waals surface area contributed by atoms with Gasteiger partial charge in [0.1, 0.15) is 0 Å². The lowest BCUT2D eigenvalue weighted by Gasteiger charge is -2.29. The van der Waals surface area contributed by atoms with E-state index in [4.69, 9.17) is 4.74 Å². The Balaban J connectivity index is 2.01. The van der Waals surface area contributed by atoms with Crippen molar-refractivity contribution in [3.8, 4) is 11.5 Å². The number of phenolic OH excluding ortho intramolecular Hbond substituents is 1. The number of hydrogen-bond acceptors (Lipinski definition) is 4. The number of carbonyl (C=O) groups excluding carboxylic acids is 2. The SMILES string of the molecule is CCOc1cc([C@H]2NC(=O)NC(C)=C2C(=O)Nc2ccccc2)cc(Br)c1O. The average Bonchev–Trinajstić information content (AvgIpc) is 2.65. The van der Waals surface area contributed by atoms with E-state index >= 15 is 0 Å². The Bertz CT molecular complexity index is 944. The third-order valence-electron chi connectivity index (χ3n) is 4.23. The number of para-hydroxylation sites is 1. The van der Waals surface area contributed by atoms with Gasteiger partial charge in [0.15, 0.2) is 11.5 Å². The number of allylic oxidation sites excluding steroid dienone is 1. The van der Waals surface area contributed by atoms with Crippen molar-refractivity contribution in [2.75, 3.05) is 11.9 Å². The fourth-order valence-corrected chi connectivity index (χ4v) is 3.45. The van der Waals surface area contributed by atoms with Crippen LogP contribution in [0.1, 0.15) is 25.5 Å². The van der Waals surface area contributed by atoms with Gasteiger partial charge >= 0.3 is 6.03 Å². The van der Waals surface area contributed by atoms with E-state index in [0.29, 0.717) is 33.6 Å². The van der Waals surface area contributed by atoms with Gasteiger partial charge in [-0.3, -0.25) is 4.79 Å². The van der Waals surface area contributed by atoms with Gasteiger partial charge in [0.2, 0.25) is 0 Å². The molecule has 0 fully saturated rings. The molecule has 0 aliphatic carbocycles. The number of nitrogens with one attached hydrogen (secondary N) is 3. The highest BCUT2D eigenvalue weighted by Crippen LogP contribution is 2.39. The highest BCUT2D eigenvalue weighted by atomic mass is 79.9. The first-order valence-electron chi connectivity index (χ1n) is 8.70. The molecule has 0 spiro atoms. The zero-order valence-corrected chi connectivity index (χ0v) is 17.0. The second-order valence-electron chi connectivity index (χ2n) is 6.17. The summed E-state index contributed by atoms with van der Waals surface area (Å²) in [4.78, 5) is 25.0. The number of carbonyl (C=O) groups is 2. The molecule has 0 saturated carbocycles. The van der Waals surface area contributed by atoms with Crippen LogP contribution in [0.5, 0.6) is 11.5 Å². The summed E-state index contributed by atoms with van der Waals surface area (Å²) in [6, 6.07) is 11.2. The van der Waals surface area contributed by atoms with E-state index in [1.165, 1.54) is 0 Å². The third-order valence-corrected chi connectivity index (χ3v) is 4.83. The van der Waals surface area contributed by atoms with Crippen LogP contribution in [0.25, 0.3) is 0 Å². The molecule has 1 heterocycles. The van der Waals surface area contributed by atoms with Gasteiger partial charge < -0.3 is 25.8 Å². The Hall–Kier alpha value is -3.00. The molecule has 1 atom stereocenters. The Morgan fingerprint density at radius 2 is 2.00 bits per heavy atom. The highest BCUT2D eigenvalue weighted by molar-refractivity contribution is 9.10. The van der Waals surface area contributed by atoms with Crippen LogP contribution in [0.3, 0.4) is 0 Å². The molecule has 2 aromatic rings. The molecule has 3 rings (SSSR count). The minimum atomic E-state index is -0.714. The number of anilines is 1. The number of phenols is 1. The van der Waals surface area contributed by atoms with Crippen molar-refractivity contribution in [1.29, 1.82) is 0 Å². The van der Waals surface area contributed by atoms with E-state index in [2.05, 4.69) is 31.9 Å². The zero-order chi connectivity index (χ0) is 20.3. The largest absolute Gasteiger partial charge is 0.503 e. The first-order valence-corrected chi connectivity index (χ1v) is 9.50. The van der Waals surface area contributed by atoms with Crippen LogP contribution in [0.4, 0.5) is 10.5 Å². The summed E-state index contributed by atoms with van der Waals surface area (Å²) in [5.74, 6) is -0.120. The Morgan fingerprint density at radius 1 is 1.29 bits per heavy atom. The molecule has 146 valence electrons. The molecule has 3 amide bonds. The van der Waals surface area contributed by atoms with Gasteiger partial charge in [0.05, 0.1) is 22.7 Å². The lowest BCUT2D eigenvalue weighted by molar-refractivity contribution is -0.113. The molecule has 0 saturated heterocycles. The van der Waals surface area contributed by atoms with Crippen LogP contribution in [0.15, 0.2) is 58.2 Å². The van der Waals surface area contributed by atoms with Crippen molar-refractivity contribution < 1.29 is 19.4 Å². The molecular formula is C20H20BrN3O4.